The van der Waals surface area contributed by atoms with Crippen molar-refractivity contribution in [2.75, 3.05) is 32.0 Å². The summed E-state index contributed by atoms with van der Waals surface area (Å²) in [4.78, 5) is 17.1. The zero-order chi connectivity index (χ0) is 29.0. The Balaban J connectivity index is 1.74. The molecule has 1 aliphatic heterocycles. The fourth-order valence-corrected chi connectivity index (χ4v) is 6.33. The number of amides is 1. The highest BCUT2D eigenvalue weighted by Gasteiger charge is 2.25. The molecule has 1 aromatic heterocycles. The van der Waals surface area contributed by atoms with Crippen LogP contribution in [0, 0.1) is 5.82 Å². The van der Waals surface area contributed by atoms with Crippen LogP contribution < -0.4 is 15.4 Å². The molecule has 2 bridgehead atoms. The molecule has 0 aliphatic carbocycles. The highest BCUT2D eigenvalue weighted by atomic mass is 32.2. The molecule has 3 rings (SSSR count). The first-order valence-corrected chi connectivity index (χ1v) is 15.8. The van der Waals surface area contributed by atoms with Crippen LogP contribution in [0.5, 0.6) is 5.75 Å². The summed E-state index contributed by atoms with van der Waals surface area (Å²) in [5, 5.41) is 17.1. The number of nitrogens with zero attached hydrogens (tertiary/aromatic N) is 2. The first-order valence-electron chi connectivity index (χ1n) is 14.2. The van der Waals surface area contributed by atoms with Crippen molar-refractivity contribution in [3.8, 4) is 5.75 Å². The third kappa shape index (κ3) is 10.1. The van der Waals surface area contributed by atoms with Gasteiger partial charge in [-0.25, -0.2) is 17.1 Å². The third-order valence-electron chi connectivity index (χ3n) is 6.95. The first kappa shape index (κ1) is 31.9. The molecule has 2 atom stereocenters. The predicted molar refractivity (Wildman–Crippen MR) is 153 cm³/mol. The molecule has 0 fully saturated rings. The van der Waals surface area contributed by atoms with Crippen molar-refractivity contribution in [1.29, 1.82) is 0 Å². The number of aromatic nitrogens is 1. The lowest BCUT2D eigenvalue weighted by Gasteiger charge is -2.25. The van der Waals surface area contributed by atoms with Gasteiger partial charge in [0, 0.05) is 45.0 Å². The molecule has 2 heterocycles. The van der Waals surface area contributed by atoms with Gasteiger partial charge in [-0.3, -0.25) is 9.78 Å². The van der Waals surface area contributed by atoms with Crippen molar-refractivity contribution in [3.63, 3.8) is 0 Å². The summed E-state index contributed by atoms with van der Waals surface area (Å²) >= 11 is 0. The molecule has 0 saturated heterocycles. The Morgan fingerprint density at radius 1 is 1.20 bits per heavy atom. The van der Waals surface area contributed by atoms with Crippen molar-refractivity contribution >= 4 is 15.9 Å². The van der Waals surface area contributed by atoms with Gasteiger partial charge in [-0.1, -0.05) is 19.9 Å². The number of aryl methyl sites for hydroxylation is 1. The van der Waals surface area contributed by atoms with E-state index in [1.165, 1.54) is 10.4 Å². The second-order valence-corrected chi connectivity index (χ2v) is 12.3. The van der Waals surface area contributed by atoms with Crippen LogP contribution in [0.2, 0.25) is 0 Å². The number of rotatable bonds is 8. The van der Waals surface area contributed by atoms with Crippen molar-refractivity contribution in [2.24, 2.45) is 0 Å². The minimum absolute atomic E-state index is 0.0169. The van der Waals surface area contributed by atoms with Crippen LogP contribution in [0.4, 0.5) is 4.39 Å². The predicted octanol–water partition coefficient (Wildman–Crippen LogP) is 2.96. The van der Waals surface area contributed by atoms with E-state index in [2.05, 4.69) is 22.5 Å². The van der Waals surface area contributed by atoms with Crippen molar-refractivity contribution in [3.05, 3.63) is 59.2 Å². The normalized spacial score (nSPS) is 20.2. The van der Waals surface area contributed by atoms with Crippen molar-refractivity contribution in [2.45, 2.75) is 77.5 Å². The van der Waals surface area contributed by atoms with E-state index in [1.807, 2.05) is 19.2 Å². The standard InChI is InChI=1S/C29H43FN4O5S/c1-3-11-34-12-5-6-13-39-25-9-10-26(30)24(16-25)17-27(33-29(36)8-7-14-40(34,37)38)28(35)21-32-20-23-15-22(4-2)18-31-19-23/h9-10,15-16,18-19,27-28,32,35H,3-8,11-14,17,20-21H2,1-2H3,(H,33,36). The molecule has 2 aromatic rings. The van der Waals surface area contributed by atoms with Gasteiger partial charge >= 0.3 is 0 Å². The maximum Gasteiger partial charge on any atom is 0.220 e. The summed E-state index contributed by atoms with van der Waals surface area (Å²) in [7, 11) is -3.51. The summed E-state index contributed by atoms with van der Waals surface area (Å²) in [6, 6.07) is 5.71. The number of benzene rings is 1. The second-order valence-electron chi connectivity index (χ2n) is 10.3. The van der Waals surface area contributed by atoms with Gasteiger partial charge in [0.05, 0.1) is 24.5 Å². The molecular weight excluding hydrogens is 535 g/mol. The number of fused-ring (bicyclic) bond motifs is 2. The van der Waals surface area contributed by atoms with E-state index < -0.39 is 33.9 Å². The van der Waals surface area contributed by atoms with Gasteiger partial charge in [0.2, 0.25) is 15.9 Å². The van der Waals surface area contributed by atoms with Gasteiger partial charge in [0.1, 0.15) is 11.6 Å². The number of hydrogen-bond donors (Lipinski definition) is 3. The Labute approximate surface area is 237 Å². The van der Waals surface area contributed by atoms with Gasteiger partial charge in [-0.2, -0.15) is 0 Å². The van der Waals surface area contributed by atoms with Crippen LogP contribution in [0.3, 0.4) is 0 Å². The molecule has 1 aromatic carbocycles. The van der Waals surface area contributed by atoms with Crippen LogP contribution in [0.25, 0.3) is 0 Å². The summed E-state index contributed by atoms with van der Waals surface area (Å²) in [6.07, 6.45) is 5.57. The number of halogens is 1. The maximum absolute atomic E-state index is 14.8. The lowest BCUT2D eigenvalue weighted by Crippen LogP contribution is -2.48. The van der Waals surface area contributed by atoms with E-state index in [1.54, 1.807) is 18.3 Å². The number of carbonyl (C=O) groups is 1. The molecule has 3 N–H and O–H groups in total. The maximum atomic E-state index is 14.8. The minimum Gasteiger partial charge on any atom is -0.494 e. The number of aliphatic hydroxyl groups is 1. The second kappa shape index (κ2) is 16.0. The molecule has 11 heteroatoms. The van der Waals surface area contributed by atoms with E-state index in [0.29, 0.717) is 56.8 Å². The zero-order valence-electron chi connectivity index (χ0n) is 23.6. The Kier molecular flexibility index (Phi) is 12.8. The smallest absolute Gasteiger partial charge is 0.220 e. The van der Waals surface area contributed by atoms with Crippen molar-refractivity contribution < 1.29 is 27.4 Å². The molecule has 0 spiro atoms. The Morgan fingerprint density at radius 3 is 2.77 bits per heavy atom. The lowest BCUT2D eigenvalue weighted by molar-refractivity contribution is -0.122. The fraction of sp³-hybridized carbons (Fsp3) is 0.586. The summed E-state index contributed by atoms with van der Waals surface area (Å²) < 4.78 is 47.9. The number of aliphatic hydroxyl groups excluding tert-OH is 1. The molecular formula is C29H43FN4O5S. The van der Waals surface area contributed by atoms with Crippen molar-refractivity contribution in [1.82, 2.24) is 19.9 Å². The first-order chi connectivity index (χ1) is 19.2. The Bertz CT molecular complexity index is 1200. The fourth-order valence-electron chi connectivity index (χ4n) is 4.70. The monoisotopic (exact) mass is 578 g/mol. The molecule has 0 radical (unpaired) electrons. The molecule has 1 aliphatic rings. The summed E-state index contributed by atoms with van der Waals surface area (Å²) in [5.41, 5.74) is 2.40. The van der Waals surface area contributed by atoms with E-state index in [-0.39, 0.29) is 31.6 Å². The Morgan fingerprint density at radius 2 is 2.00 bits per heavy atom. The average molecular weight is 579 g/mol. The zero-order valence-corrected chi connectivity index (χ0v) is 24.4. The highest BCUT2D eigenvalue weighted by Crippen LogP contribution is 2.20. The van der Waals surface area contributed by atoms with Crippen LogP contribution >= 0.6 is 0 Å². The van der Waals surface area contributed by atoms with E-state index in [0.717, 1.165) is 17.5 Å². The molecule has 1 amide bonds. The van der Waals surface area contributed by atoms with Gasteiger partial charge in [0.15, 0.2) is 0 Å². The number of ether oxygens (including phenoxy) is 1. The molecule has 9 nitrogen and oxygen atoms in total. The van der Waals surface area contributed by atoms with Crippen LogP contribution in [-0.2, 0) is 34.2 Å². The summed E-state index contributed by atoms with van der Waals surface area (Å²) in [5.74, 6) is -0.488. The van der Waals surface area contributed by atoms with Gasteiger partial charge < -0.3 is 20.5 Å². The lowest BCUT2D eigenvalue weighted by atomic mass is 9.99. The highest BCUT2D eigenvalue weighted by molar-refractivity contribution is 7.89. The summed E-state index contributed by atoms with van der Waals surface area (Å²) in [6.45, 7) is 5.79. The van der Waals surface area contributed by atoms with E-state index in [9.17, 15) is 22.7 Å². The van der Waals surface area contributed by atoms with Gasteiger partial charge in [0.25, 0.3) is 0 Å². The molecule has 2 unspecified atom stereocenters. The average Bonchev–Trinajstić information content (AvgIpc) is 2.93. The van der Waals surface area contributed by atoms with Gasteiger partial charge in [-0.05, 0) is 73.4 Å². The molecule has 0 saturated carbocycles. The SMILES string of the molecule is CCCN1CCCCOc2ccc(F)c(c2)CC(C(O)CNCc2cncc(CC)c2)NC(=O)CCCS1(=O)=O. The number of sulfonamides is 1. The molecule has 40 heavy (non-hydrogen) atoms. The van der Waals surface area contributed by atoms with Crippen LogP contribution in [0.15, 0.2) is 36.7 Å². The van der Waals surface area contributed by atoms with Crippen LogP contribution in [-0.4, -0.2) is 72.9 Å². The van der Waals surface area contributed by atoms with E-state index >= 15 is 0 Å². The quantitative estimate of drug-likeness (QED) is 0.441. The number of pyridine rings is 1. The third-order valence-corrected chi connectivity index (χ3v) is 8.91. The Hall–Kier alpha value is -2.60. The van der Waals surface area contributed by atoms with Crippen LogP contribution in [0.1, 0.15) is 62.6 Å². The number of carbonyl (C=O) groups excluding carboxylic acids is 1. The van der Waals surface area contributed by atoms with E-state index in [4.69, 9.17) is 4.74 Å². The minimum atomic E-state index is -3.51. The number of nitrogens with one attached hydrogen (secondary N) is 2. The van der Waals surface area contributed by atoms with Gasteiger partial charge in [-0.15, -0.1) is 0 Å². The largest absolute Gasteiger partial charge is 0.494 e. The topological polar surface area (TPSA) is 121 Å². The molecule has 222 valence electrons. The number of hydrogen-bond acceptors (Lipinski definition) is 7.